The topological polar surface area (TPSA) is 75.2 Å². The van der Waals surface area contributed by atoms with Crippen LogP contribution in [0.3, 0.4) is 0 Å². The minimum atomic E-state index is -3.33. The number of aromatic nitrogens is 2. The van der Waals surface area contributed by atoms with E-state index in [0.29, 0.717) is 17.8 Å². The van der Waals surface area contributed by atoms with E-state index in [4.69, 9.17) is 0 Å². The Morgan fingerprint density at radius 1 is 1.43 bits per heavy atom. The second kappa shape index (κ2) is 4.57. The number of aryl methyl sites for hydroxylation is 1. The largest absolute Gasteiger partial charge is 0.290 e. The van der Waals surface area contributed by atoms with Gasteiger partial charge in [0.2, 0.25) is 0 Å². The molecule has 0 radical (unpaired) electrons. The summed E-state index contributed by atoms with van der Waals surface area (Å²) in [5.74, 6) is 0.0533. The lowest BCUT2D eigenvalue weighted by Gasteiger charge is -2.07. The van der Waals surface area contributed by atoms with Gasteiger partial charge in [0.1, 0.15) is 5.65 Å². The highest BCUT2D eigenvalue weighted by atomic mass is 32.2. The second-order valence-electron chi connectivity index (χ2n) is 5.46. The van der Waals surface area contributed by atoms with Crippen LogP contribution < -0.4 is 0 Å². The number of fused-ring (bicyclic) bond motifs is 1. The Hall–Kier alpha value is -1.87. The summed E-state index contributed by atoms with van der Waals surface area (Å²) in [5.41, 5.74) is 1.75. The third kappa shape index (κ3) is 2.04. The number of rotatable bonds is 4. The lowest BCUT2D eigenvalue weighted by Crippen LogP contribution is -2.10. The summed E-state index contributed by atoms with van der Waals surface area (Å²) < 4.78 is 26.2. The van der Waals surface area contributed by atoms with E-state index >= 15 is 0 Å². The predicted octanol–water partition coefficient (Wildman–Crippen LogP) is 2.25. The van der Waals surface area contributed by atoms with E-state index in [1.54, 1.807) is 17.5 Å². The lowest BCUT2D eigenvalue weighted by molar-refractivity contribution is 0.591. The van der Waals surface area contributed by atoms with Crippen LogP contribution >= 0.6 is 0 Å². The fraction of sp³-hybridized carbons (Fsp3) is 0.467. The maximum Gasteiger partial charge on any atom is 0.195 e. The van der Waals surface area contributed by atoms with Crippen LogP contribution in [-0.4, -0.2) is 23.6 Å². The fourth-order valence-electron chi connectivity index (χ4n) is 2.65. The van der Waals surface area contributed by atoms with Crippen LogP contribution in [0.15, 0.2) is 23.4 Å². The molecule has 0 N–H and O–H groups in total. The summed E-state index contributed by atoms with van der Waals surface area (Å²) >= 11 is 0. The van der Waals surface area contributed by atoms with Crippen molar-refractivity contribution in [1.82, 2.24) is 9.38 Å². The van der Waals surface area contributed by atoms with E-state index in [0.717, 1.165) is 18.4 Å². The molecule has 0 aliphatic heterocycles. The zero-order valence-electron chi connectivity index (χ0n) is 12.1. The molecule has 21 heavy (non-hydrogen) atoms. The molecule has 0 atom stereocenters. The maximum atomic E-state index is 12.3. The van der Waals surface area contributed by atoms with E-state index in [9.17, 15) is 13.7 Å². The molecule has 0 saturated heterocycles. The molecule has 110 valence electrons. The SMILES string of the molecule is CCc1nc2cc(C3(C#N)CC3)ccn2c1S(=O)(=O)CC. The van der Waals surface area contributed by atoms with Gasteiger partial charge in [0.15, 0.2) is 14.9 Å². The van der Waals surface area contributed by atoms with Crippen LogP contribution in [0, 0.1) is 11.3 Å². The Morgan fingerprint density at radius 2 is 2.14 bits per heavy atom. The summed E-state index contributed by atoms with van der Waals surface area (Å²) in [4.78, 5) is 4.46. The molecule has 1 aliphatic rings. The number of hydrogen-bond donors (Lipinski definition) is 0. The molecule has 0 amide bonds. The molecule has 3 rings (SSSR count). The molecule has 1 saturated carbocycles. The molecule has 5 nitrogen and oxygen atoms in total. The van der Waals surface area contributed by atoms with Crippen molar-refractivity contribution in [2.24, 2.45) is 0 Å². The predicted molar refractivity (Wildman–Crippen MR) is 78.8 cm³/mol. The molecule has 2 aromatic rings. The summed E-state index contributed by atoms with van der Waals surface area (Å²) in [6.07, 6.45) is 4.02. The van der Waals surface area contributed by atoms with Crippen molar-refractivity contribution in [2.45, 2.75) is 43.6 Å². The lowest BCUT2D eigenvalue weighted by atomic mass is 9.99. The maximum absolute atomic E-state index is 12.3. The minimum Gasteiger partial charge on any atom is -0.290 e. The van der Waals surface area contributed by atoms with Crippen molar-refractivity contribution in [1.29, 1.82) is 5.26 Å². The first-order chi connectivity index (χ1) is 9.97. The first kappa shape index (κ1) is 14.1. The summed E-state index contributed by atoms with van der Waals surface area (Å²) in [7, 11) is -3.33. The van der Waals surface area contributed by atoms with Gasteiger partial charge in [0.25, 0.3) is 0 Å². The third-order valence-corrected chi connectivity index (χ3v) is 5.96. The highest BCUT2D eigenvalue weighted by molar-refractivity contribution is 7.91. The zero-order chi connectivity index (χ0) is 15.3. The second-order valence-corrected chi connectivity index (χ2v) is 7.65. The first-order valence-corrected chi connectivity index (χ1v) is 8.78. The van der Waals surface area contributed by atoms with Gasteiger partial charge in [-0.05, 0) is 37.0 Å². The van der Waals surface area contributed by atoms with E-state index < -0.39 is 9.84 Å². The average Bonchev–Trinajstić information content (AvgIpc) is 3.20. The van der Waals surface area contributed by atoms with Crippen LogP contribution in [0.5, 0.6) is 0 Å². The van der Waals surface area contributed by atoms with E-state index in [1.165, 1.54) is 0 Å². The number of sulfone groups is 1. The molecule has 0 unspecified atom stereocenters. The fourth-order valence-corrected chi connectivity index (χ4v) is 3.93. The van der Waals surface area contributed by atoms with Gasteiger partial charge in [-0.3, -0.25) is 4.40 Å². The van der Waals surface area contributed by atoms with Crippen LogP contribution in [0.25, 0.3) is 5.65 Å². The van der Waals surface area contributed by atoms with Gasteiger partial charge in [0, 0.05) is 6.20 Å². The number of imidazole rings is 1. The number of nitrogens with zero attached hydrogens (tertiary/aromatic N) is 3. The van der Waals surface area contributed by atoms with Crippen molar-refractivity contribution in [3.05, 3.63) is 29.6 Å². The van der Waals surface area contributed by atoms with Gasteiger partial charge in [-0.15, -0.1) is 0 Å². The van der Waals surface area contributed by atoms with Gasteiger partial charge in [-0.2, -0.15) is 5.26 Å². The smallest absolute Gasteiger partial charge is 0.195 e. The molecular weight excluding hydrogens is 286 g/mol. The normalized spacial score (nSPS) is 16.8. The molecule has 2 heterocycles. The van der Waals surface area contributed by atoms with Gasteiger partial charge in [0.05, 0.1) is 22.9 Å². The Balaban J connectivity index is 2.25. The standard InChI is InChI=1S/C15H17N3O2S/c1-3-12-14(21(19,20)4-2)18-8-5-11(9-13(18)17-12)15(10-16)6-7-15/h5,8-9H,3-4,6-7H2,1-2H3. The van der Waals surface area contributed by atoms with Crippen molar-refractivity contribution < 1.29 is 8.42 Å². The molecule has 6 heteroatoms. The first-order valence-electron chi connectivity index (χ1n) is 7.13. The Labute approximate surface area is 124 Å². The highest BCUT2D eigenvalue weighted by Crippen LogP contribution is 2.47. The molecule has 0 spiro atoms. The Morgan fingerprint density at radius 3 is 2.67 bits per heavy atom. The van der Waals surface area contributed by atoms with Crippen molar-refractivity contribution in [2.75, 3.05) is 5.75 Å². The molecule has 2 aromatic heterocycles. The summed E-state index contributed by atoms with van der Waals surface area (Å²) in [6, 6.07) is 6.05. The van der Waals surface area contributed by atoms with Crippen LogP contribution in [-0.2, 0) is 21.7 Å². The monoisotopic (exact) mass is 303 g/mol. The molecule has 0 bridgehead atoms. The van der Waals surface area contributed by atoms with Crippen LogP contribution in [0.1, 0.15) is 37.9 Å². The molecule has 1 aliphatic carbocycles. The summed E-state index contributed by atoms with van der Waals surface area (Å²) in [5, 5.41) is 9.57. The molecule has 0 aromatic carbocycles. The minimum absolute atomic E-state index is 0.0533. The molecular formula is C15H17N3O2S. The van der Waals surface area contributed by atoms with Gasteiger partial charge in [-0.25, -0.2) is 13.4 Å². The van der Waals surface area contributed by atoms with Gasteiger partial charge < -0.3 is 0 Å². The van der Waals surface area contributed by atoms with E-state index in [2.05, 4.69) is 11.1 Å². The number of nitriles is 1. The van der Waals surface area contributed by atoms with E-state index in [1.807, 2.05) is 19.1 Å². The average molecular weight is 303 g/mol. The van der Waals surface area contributed by atoms with Crippen LogP contribution in [0.2, 0.25) is 0 Å². The van der Waals surface area contributed by atoms with Crippen molar-refractivity contribution in [3.63, 3.8) is 0 Å². The number of hydrogen-bond acceptors (Lipinski definition) is 4. The third-order valence-electron chi connectivity index (χ3n) is 4.18. The quantitative estimate of drug-likeness (QED) is 0.868. The van der Waals surface area contributed by atoms with Gasteiger partial charge >= 0.3 is 0 Å². The summed E-state index contributed by atoms with van der Waals surface area (Å²) in [6.45, 7) is 3.53. The van der Waals surface area contributed by atoms with Gasteiger partial charge in [-0.1, -0.05) is 13.8 Å². The highest BCUT2D eigenvalue weighted by Gasteiger charge is 2.45. The van der Waals surface area contributed by atoms with E-state index in [-0.39, 0.29) is 16.2 Å². The molecule has 1 fully saturated rings. The zero-order valence-corrected chi connectivity index (χ0v) is 12.9. The Bertz CT molecular complexity index is 855. The Kier molecular flexibility index (Phi) is 3.06. The van der Waals surface area contributed by atoms with Crippen LogP contribution in [0.4, 0.5) is 0 Å². The number of pyridine rings is 1. The van der Waals surface area contributed by atoms with Crippen molar-refractivity contribution in [3.8, 4) is 6.07 Å². The van der Waals surface area contributed by atoms with Crippen molar-refractivity contribution >= 4 is 15.5 Å².